The minimum atomic E-state index is -3.87. The van der Waals surface area contributed by atoms with Crippen molar-refractivity contribution >= 4 is 21.6 Å². The third-order valence-electron chi connectivity index (χ3n) is 6.52. The molecule has 1 fully saturated rings. The summed E-state index contributed by atoms with van der Waals surface area (Å²) in [5.74, 6) is -0.460. The summed E-state index contributed by atoms with van der Waals surface area (Å²) in [6, 6.07) is 14.2. The normalized spacial score (nSPS) is 23.5. The molecule has 0 saturated carbocycles. The van der Waals surface area contributed by atoms with Crippen LogP contribution in [-0.4, -0.2) is 58.0 Å². The molecule has 0 amide bonds. The highest BCUT2D eigenvalue weighted by atomic mass is 32.2. The lowest BCUT2D eigenvalue weighted by atomic mass is 9.95. The van der Waals surface area contributed by atoms with Crippen LogP contribution in [0, 0.1) is 5.82 Å². The van der Waals surface area contributed by atoms with E-state index >= 15 is 0 Å². The SMILES string of the molecule is C[C@H](CC1=NS(=O)(=O)C(c2ccc(N3CCN(C)CC3)cc2)C(C)(C)O1)c1ccccc1F. The lowest BCUT2D eigenvalue weighted by molar-refractivity contribution is 0.0803. The summed E-state index contributed by atoms with van der Waals surface area (Å²) in [4.78, 5) is 4.60. The number of benzene rings is 2. The summed E-state index contributed by atoms with van der Waals surface area (Å²) >= 11 is 0. The molecule has 1 saturated heterocycles. The Balaban J connectivity index is 1.55. The maximum Gasteiger partial charge on any atom is 0.267 e. The third kappa shape index (κ3) is 5.06. The Morgan fingerprint density at radius 1 is 1.09 bits per heavy atom. The van der Waals surface area contributed by atoms with Crippen LogP contribution in [0.5, 0.6) is 0 Å². The number of anilines is 1. The molecule has 2 heterocycles. The third-order valence-corrected chi connectivity index (χ3v) is 8.41. The summed E-state index contributed by atoms with van der Waals surface area (Å²) in [7, 11) is -1.75. The first-order valence-corrected chi connectivity index (χ1v) is 12.9. The zero-order valence-electron chi connectivity index (χ0n) is 19.7. The van der Waals surface area contributed by atoms with Crippen LogP contribution >= 0.6 is 0 Å². The first-order chi connectivity index (χ1) is 15.6. The van der Waals surface area contributed by atoms with Crippen LogP contribution in [0.15, 0.2) is 52.9 Å². The quantitative estimate of drug-likeness (QED) is 0.646. The first-order valence-electron chi connectivity index (χ1n) is 11.4. The van der Waals surface area contributed by atoms with Crippen molar-refractivity contribution < 1.29 is 17.5 Å². The molecule has 0 N–H and O–H groups in total. The highest BCUT2D eigenvalue weighted by Crippen LogP contribution is 2.42. The summed E-state index contributed by atoms with van der Waals surface area (Å²) in [5.41, 5.74) is 1.24. The van der Waals surface area contributed by atoms with E-state index in [-0.39, 0.29) is 24.1 Å². The van der Waals surface area contributed by atoms with Crippen LogP contribution in [0.2, 0.25) is 0 Å². The molecule has 2 atom stereocenters. The monoisotopic (exact) mass is 473 g/mol. The van der Waals surface area contributed by atoms with Gasteiger partial charge in [-0.15, -0.1) is 4.40 Å². The van der Waals surface area contributed by atoms with E-state index in [1.807, 2.05) is 31.2 Å². The van der Waals surface area contributed by atoms with Gasteiger partial charge in [0.2, 0.25) is 5.90 Å². The highest BCUT2D eigenvalue weighted by Gasteiger charge is 2.47. The number of ether oxygens (including phenoxy) is 1. The fourth-order valence-electron chi connectivity index (χ4n) is 4.75. The molecule has 2 aliphatic rings. The first kappa shape index (κ1) is 23.7. The zero-order valence-corrected chi connectivity index (χ0v) is 20.5. The molecule has 1 unspecified atom stereocenters. The summed E-state index contributed by atoms with van der Waals surface area (Å²) in [6.45, 7) is 9.27. The van der Waals surface area contributed by atoms with Gasteiger partial charge in [-0.1, -0.05) is 37.3 Å². The molecule has 2 aromatic rings. The van der Waals surface area contributed by atoms with Crippen molar-refractivity contribution in [1.82, 2.24) is 4.90 Å². The Bertz CT molecular complexity index is 1120. The molecule has 178 valence electrons. The molecule has 0 spiro atoms. The Labute approximate surface area is 196 Å². The van der Waals surface area contributed by atoms with E-state index in [1.165, 1.54) is 6.07 Å². The fraction of sp³-hybridized carbons (Fsp3) is 0.480. The van der Waals surface area contributed by atoms with Gasteiger partial charge in [-0.3, -0.25) is 0 Å². The van der Waals surface area contributed by atoms with Crippen LogP contribution in [0.3, 0.4) is 0 Å². The predicted molar refractivity (Wildman–Crippen MR) is 130 cm³/mol. The van der Waals surface area contributed by atoms with Gasteiger partial charge in [-0.2, -0.15) is 0 Å². The molecule has 33 heavy (non-hydrogen) atoms. The average Bonchev–Trinajstić information content (AvgIpc) is 2.73. The van der Waals surface area contributed by atoms with Crippen molar-refractivity contribution in [3.63, 3.8) is 0 Å². The molecule has 8 heteroatoms. The van der Waals surface area contributed by atoms with E-state index in [2.05, 4.69) is 21.2 Å². The Hall–Kier alpha value is -2.45. The topological polar surface area (TPSA) is 62.2 Å². The number of sulfonamides is 1. The van der Waals surface area contributed by atoms with Crippen LogP contribution in [0.1, 0.15) is 49.5 Å². The Kier molecular flexibility index (Phi) is 6.51. The molecule has 0 aromatic heterocycles. The van der Waals surface area contributed by atoms with Crippen molar-refractivity contribution in [1.29, 1.82) is 0 Å². The molecular formula is C25H32FN3O3S. The number of hydrogen-bond donors (Lipinski definition) is 0. The van der Waals surface area contributed by atoms with Crippen LogP contribution in [0.4, 0.5) is 10.1 Å². The number of nitrogens with zero attached hydrogens (tertiary/aromatic N) is 3. The summed E-state index contributed by atoms with van der Waals surface area (Å²) in [6.07, 6.45) is 0.207. The van der Waals surface area contributed by atoms with E-state index < -0.39 is 20.9 Å². The van der Waals surface area contributed by atoms with Crippen molar-refractivity contribution in [3.05, 3.63) is 65.5 Å². The van der Waals surface area contributed by atoms with E-state index in [4.69, 9.17) is 4.74 Å². The standard InChI is InChI=1S/C25H32FN3O3S/c1-18(21-7-5-6-8-22(21)26)17-23-27-33(30,31)24(25(2,3)32-23)19-9-11-20(12-10-19)29-15-13-28(4)14-16-29/h5-12,18,24H,13-17H2,1-4H3/t18-,24?/m1/s1. The average molecular weight is 474 g/mol. The number of likely N-dealkylation sites (N-methyl/N-ethyl adjacent to an activating group) is 1. The number of hydrogen-bond acceptors (Lipinski definition) is 5. The molecule has 2 aliphatic heterocycles. The van der Waals surface area contributed by atoms with Crippen molar-refractivity contribution in [3.8, 4) is 0 Å². The molecule has 4 rings (SSSR count). The summed E-state index contributed by atoms with van der Waals surface area (Å²) in [5, 5.41) is -0.918. The smallest absolute Gasteiger partial charge is 0.267 e. The minimum Gasteiger partial charge on any atom is -0.472 e. The van der Waals surface area contributed by atoms with Crippen molar-refractivity contribution in [2.75, 3.05) is 38.1 Å². The van der Waals surface area contributed by atoms with Gasteiger partial charge >= 0.3 is 0 Å². The van der Waals surface area contributed by atoms with Gasteiger partial charge in [-0.05, 0) is 56.1 Å². The van der Waals surface area contributed by atoms with E-state index in [0.717, 1.165) is 31.9 Å². The fourth-order valence-corrected chi connectivity index (χ4v) is 6.52. The van der Waals surface area contributed by atoms with Gasteiger partial charge in [0, 0.05) is 38.3 Å². The van der Waals surface area contributed by atoms with Gasteiger partial charge in [0.1, 0.15) is 16.7 Å². The second-order valence-electron chi connectivity index (χ2n) is 9.59. The Morgan fingerprint density at radius 3 is 2.33 bits per heavy atom. The Morgan fingerprint density at radius 2 is 1.73 bits per heavy atom. The lowest BCUT2D eigenvalue weighted by Crippen LogP contribution is -2.44. The van der Waals surface area contributed by atoms with Gasteiger partial charge in [0.15, 0.2) is 0 Å². The number of halogens is 1. The highest BCUT2D eigenvalue weighted by molar-refractivity contribution is 7.90. The molecule has 0 radical (unpaired) electrons. The lowest BCUT2D eigenvalue weighted by Gasteiger charge is -2.38. The maximum absolute atomic E-state index is 14.2. The van der Waals surface area contributed by atoms with E-state index in [1.54, 1.807) is 32.0 Å². The molecule has 0 bridgehead atoms. The minimum absolute atomic E-state index is 0.126. The summed E-state index contributed by atoms with van der Waals surface area (Å²) < 4.78 is 50.8. The van der Waals surface area contributed by atoms with Gasteiger partial charge in [0.05, 0.1) is 0 Å². The maximum atomic E-state index is 14.2. The van der Waals surface area contributed by atoms with Crippen molar-refractivity contribution in [2.24, 2.45) is 4.40 Å². The van der Waals surface area contributed by atoms with E-state index in [0.29, 0.717) is 11.1 Å². The van der Waals surface area contributed by atoms with Crippen molar-refractivity contribution in [2.45, 2.75) is 44.0 Å². The molecule has 6 nitrogen and oxygen atoms in total. The van der Waals surface area contributed by atoms with E-state index in [9.17, 15) is 12.8 Å². The molecule has 2 aromatic carbocycles. The molecular weight excluding hydrogens is 441 g/mol. The predicted octanol–water partition coefficient (Wildman–Crippen LogP) is 4.35. The largest absolute Gasteiger partial charge is 0.472 e. The van der Waals surface area contributed by atoms with Gasteiger partial charge < -0.3 is 14.5 Å². The van der Waals surface area contributed by atoms with Gasteiger partial charge in [0.25, 0.3) is 10.0 Å². The van der Waals surface area contributed by atoms with Crippen LogP contribution in [-0.2, 0) is 14.8 Å². The molecule has 0 aliphatic carbocycles. The number of piperazine rings is 1. The second kappa shape index (κ2) is 9.06. The van der Waals surface area contributed by atoms with Gasteiger partial charge in [-0.25, -0.2) is 12.8 Å². The van der Waals surface area contributed by atoms with Crippen LogP contribution < -0.4 is 4.90 Å². The number of rotatable bonds is 5. The second-order valence-corrected chi connectivity index (χ2v) is 11.3. The van der Waals surface area contributed by atoms with Crippen LogP contribution in [0.25, 0.3) is 0 Å². The zero-order chi connectivity index (χ0) is 23.8.